The van der Waals surface area contributed by atoms with Crippen molar-refractivity contribution in [3.63, 3.8) is 0 Å². The fourth-order valence-corrected chi connectivity index (χ4v) is 4.81. The van der Waals surface area contributed by atoms with Crippen molar-refractivity contribution in [1.82, 2.24) is 0 Å². The number of hydrogen-bond donors (Lipinski definition) is 2. The van der Waals surface area contributed by atoms with E-state index in [1.807, 2.05) is 50.3 Å². The van der Waals surface area contributed by atoms with Crippen LogP contribution >= 0.6 is 0 Å². The predicted octanol–water partition coefficient (Wildman–Crippen LogP) is 3.90. The second-order valence-corrected chi connectivity index (χ2v) is 9.37. The Kier molecular flexibility index (Phi) is 9.57. The Morgan fingerprint density at radius 2 is 2.03 bits per heavy atom. The number of carbonyl (C=O) groups excluding carboxylic acids is 1. The lowest BCUT2D eigenvalue weighted by atomic mass is 9.86. The first-order valence-corrected chi connectivity index (χ1v) is 12.0. The summed E-state index contributed by atoms with van der Waals surface area (Å²) in [5, 5.41) is 20.9. The number of esters is 1. The zero-order valence-corrected chi connectivity index (χ0v) is 19.3. The third kappa shape index (κ3) is 7.61. The molecule has 0 radical (unpaired) electrons. The second-order valence-electron chi connectivity index (χ2n) is 9.37. The van der Waals surface area contributed by atoms with Gasteiger partial charge in [-0.1, -0.05) is 30.4 Å². The summed E-state index contributed by atoms with van der Waals surface area (Å²) in [4.78, 5) is 11.7. The Hall–Kier alpha value is -1.89. The molecule has 1 saturated carbocycles. The Bertz CT molecular complexity index is 718. The highest BCUT2D eigenvalue weighted by atomic mass is 16.5. The van der Waals surface area contributed by atoms with Crippen LogP contribution in [0.3, 0.4) is 0 Å². The molecule has 3 rings (SSSR count). The molecule has 6 heteroatoms. The number of carbonyl (C=O) groups is 1. The Morgan fingerprint density at radius 3 is 2.78 bits per heavy atom. The first-order valence-electron chi connectivity index (χ1n) is 12.0. The molecule has 1 aromatic rings. The number of ether oxygens (including phenoxy) is 3. The molecule has 2 aliphatic rings. The van der Waals surface area contributed by atoms with Gasteiger partial charge < -0.3 is 24.4 Å². The van der Waals surface area contributed by atoms with Crippen LogP contribution in [0.1, 0.15) is 52.4 Å². The Labute approximate surface area is 191 Å². The number of benzene rings is 1. The molecular formula is C26H38O6. The van der Waals surface area contributed by atoms with E-state index >= 15 is 0 Å². The van der Waals surface area contributed by atoms with Crippen LogP contribution in [0.2, 0.25) is 0 Å². The van der Waals surface area contributed by atoms with Crippen LogP contribution in [0, 0.1) is 17.8 Å². The van der Waals surface area contributed by atoms with Crippen molar-refractivity contribution in [2.24, 2.45) is 17.8 Å². The van der Waals surface area contributed by atoms with Crippen LogP contribution in [-0.4, -0.2) is 53.8 Å². The molecular weight excluding hydrogens is 408 g/mol. The van der Waals surface area contributed by atoms with Crippen molar-refractivity contribution in [3.8, 4) is 5.75 Å². The van der Waals surface area contributed by atoms with Gasteiger partial charge in [-0.3, -0.25) is 4.79 Å². The molecule has 2 fully saturated rings. The third-order valence-corrected chi connectivity index (χ3v) is 6.42. The topological polar surface area (TPSA) is 85.2 Å². The molecule has 0 bridgehead atoms. The Morgan fingerprint density at radius 1 is 1.25 bits per heavy atom. The number of hydrogen-bond acceptors (Lipinski definition) is 6. The summed E-state index contributed by atoms with van der Waals surface area (Å²) >= 11 is 0. The zero-order chi connectivity index (χ0) is 22.9. The van der Waals surface area contributed by atoms with E-state index in [0.717, 1.165) is 31.4 Å². The van der Waals surface area contributed by atoms with Gasteiger partial charge in [-0.15, -0.1) is 0 Å². The van der Waals surface area contributed by atoms with Gasteiger partial charge in [0.2, 0.25) is 0 Å². The van der Waals surface area contributed by atoms with Crippen LogP contribution in [0.15, 0.2) is 42.5 Å². The highest BCUT2D eigenvalue weighted by Gasteiger charge is 2.43. The summed E-state index contributed by atoms with van der Waals surface area (Å²) < 4.78 is 17.0. The van der Waals surface area contributed by atoms with Gasteiger partial charge in [0.15, 0.2) is 0 Å². The lowest BCUT2D eigenvalue weighted by Gasteiger charge is -2.21. The van der Waals surface area contributed by atoms with Crippen LogP contribution in [-0.2, 0) is 14.3 Å². The molecule has 2 N–H and O–H groups in total. The van der Waals surface area contributed by atoms with Gasteiger partial charge in [0.1, 0.15) is 18.5 Å². The van der Waals surface area contributed by atoms with E-state index in [-0.39, 0.29) is 36.6 Å². The van der Waals surface area contributed by atoms with Gasteiger partial charge in [0.25, 0.3) is 0 Å². The molecule has 178 valence electrons. The highest BCUT2D eigenvalue weighted by molar-refractivity contribution is 5.69. The van der Waals surface area contributed by atoms with Crippen molar-refractivity contribution in [3.05, 3.63) is 42.5 Å². The summed E-state index contributed by atoms with van der Waals surface area (Å²) in [6.07, 6.45) is 7.33. The number of aliphatic hydroxyl groups excluding tert-OH is 2. The van der Waals surface area contributed by atoms with Crippen molar-refractivity contribution in [2.75, 3.05) is 13.2 Å². The lowest BCUT2D eigenvalue weighted by Crippen LogP contribution is -2.22. The molecule has 6 atom stereocenters. The summed E-state index contributed by atoms with van der Waals surface area (Å²) in [5.41, 5.74) is 0. The number of rotatable bonds is 10. The second kappa shape index (κ2) is 12.4. The van der Waals surface area contributed by atoms with Gasteiger partial charge in [-0.25, -0.2) is 0 Å². The average Bonchev–Trinajstić information content (AvgIpc) is 2.92. The van der Waals surface area contributed by atoms with E-state index in [0.29, 0.717) is 25.4 Å². The molecule has 0 aromatic heterocycles. The normalized spacial score (nSPS) is 29.0. The molecule has 0 unspecified atom stereocenters. The third-order valence-electron chi connectivity index (χ3n) is 6.42. The predicted molar refractivity (Wildman–Crippen MR) is 122 cm³/mol. The fraction of sp³-hybridized carbons (Fsp3) is 0.654. The quantitative estimate of drug-likeness (QED) is 0.419. The van der Waals surface area contributed by atoms with Gasteiger partial charge in [0.05, 0.1) is 18.3 Å². The van der Waals surface area contributed by atoms with Gasteiger partial charge in [-0.05, 0) is 63.5 Å². The monoisotopic (exact) mass is 446 g/mol. The SMILES string of the molecule is CC(C)OC(=O)CCC[C@H]1CC[C@@H]2[C@@H](C=C[C@@H](O)COc3ccccc3)[C@H](O)C[C@@H]2OC1. The van der Waals surface area contributed by atoms with E-state index < -0.39 is 12.2 Å². The number of aliphatic hydroxyl groups is 2. The molecule has 1 aliphatic carbocycles. The van der Waals surface area contributed by atoms with Gasteiger partial charge in [-0.2, -0.15) is 0 Å². The molecule has 6 nitrogen and oxygen atoms in total. The summed E-state index contributed by atoms with van der Waals surface area (Å²) in [6.45, 7) is 4.58. The van der Waals surface area contributed by atoms with Crippen LogP contribution < -0.4 is 4.74 Å². The van der Waals surface area contributed by atoms with Crippen LogP contribution in [0.5, 0.6) is 5.75 Å². The van der Waals surface area contributed by atoms with E-state index in [1.165, 1.54) is 0 Å². The summed E-state index contributed by atoms with van der Waals surface area (Å²) in [7, 11) is 0. The molecule has 1 saturated heterocycles. The molecule has 0 spiro atoms. The maximum absolute atomic E-state index is 11.7. The smallest absolute Gasteiger partial charge is 0.306 e. The minimum absolute atomic E-state index is 0.0221. The minimum atomic E-state index is -0.730. The van der Waals surface area contributed by atoms with Gasteiger partial charge in [0, 0.05) is 25.4 Å². The first-order chi connectivity index (χ1) is 15.4. The van der Waals surface area contributed by atoms with E-state index in [9.17, 15) is 15.0 Å². The van der Waals surface area contributed by atoms with Crippen molar-refractivity contribution < 1.29 is 29.2 Å². The molecule has 0 amide bonds. The van der Waals surface area contributed by atoms with Crippen molar-refractivity contribution >= 4 is 5.97 Å². The molecule has 1 heterocycles. The van der Waals surface area contributed by atoms with Crippen molar-refractivity contribution in [1.29, 1.82) is 0 Å². The standard InChI is InChI=1S/C26H38O6/c1-18(2)32-26(29)10-6-7-19-11-13-23-22(24(28)15-25(23)31-16-19)14-12-20(27)17-30-21-8-4-3-5-9-21/h3-5,8-9,12,14,18-20,22-25,27-28H,6-7,10-11,13,15-17H2,1-2H3/t19-,20+,22+,23+,24+,25-/m0/s1. The van der Waals surface area contributed by atoms with E-state index in [1.54, 1.807) is 6.08 Å². The first kappa shape index (κ1) is 24.7. The maximum Gasteiger partial charge on any atom is 0.306 e. The average molecular weight is 447 g/mol. The summed E-state index contributed by atoms with van der Waals surface area (Å²) in [6, 6.07) is 9.41. The lowest BCUT2D eigenvalue weighted by molar-refractivity contribution is -0.147. The van der Waals surface area contributed by atoms with Gasteiger partial charge >= 0.3 is 5.97 Å². The molecule has 1 aromatic carbocycles. The number of para-hydroxylation sites is 1. The maximum atomic E-state index is 11.7. The fourth-order valence-electron chi connectivity index (χ4n) is 4.81. The van der Waals surface area contributed by atoms with Crippen LogP contribution in [0.4, 0.5) is 0 Å². The number of fused-ring (bicyclic) bond motifs is 1. The summed E-state index contributed by atoms with van der Waals surface area (Å²) in [5.74, 6) is 1.25. The Balaban J connectivity index is 1.44. The zero-order valence-electron chi connectivity index (χ0n) is 19.3. The van der Waals surface area contributed by atoms with E-state index in [4.69, 9.17) is 14.2 Å². The van der Waals surface area contributed by atoms with Crippen LogP contribution in [0.25, 0.3) is 0 Å². The van der Waals surface area contributed by atoms with E-state index in [2.05, 4.69) is 0 Å². The molecule has 1 aliphatic heterocycles. The van der Waals surface area contributed by atoms with Crippen molar-refractivity contribution in [2.45, 2.75) is 76.8 Å². The molecule has 32 heavy (non-hydrogen) atoms. The minimum Gasteiger partial charge on any atom is -0.491 e. The largest absolute Gasteiger partial charge is 0.491 e. The highest BCUT2D eigenvalue weighted by Crippen LogP contribution is 2.42.